The minimum atomic E-state index is -4.79. The molecule has 0 saturated heterocycles. The summed E-state index contributed by atoms with van der Waals surface area (Å²) in [5.74, 6) is -0.324. The van der Waals surface area contributed by atoms with Crippen LogP contribution < -0.4 is 29.8 Å². The number of para-hydroxylation sites is 2. The van der Waals surface area contributed by atoms with Crippen LogP contribution in [0.2, 0.25) is 0 Å². The summed E-state index contributed by atoms with van der Waals surface area (Å²) in [5, 5.41) is 2.64. The van der Waals surface area contributed by atoms with Crippen LogP contribution in [-0.4, -0.2) is 53.0 Å². The number of nitrogens with one attached hydrogen (secondary N) is 1. The molecule has 0 fully saturated rings. The first-order valence-corrected chi connectivity index (χ1v) is 11.2. The summed E-state index contributed by atoms with van der Waals surface area (Å²) in [7, 11) is -2.07. The molecule has 0 atom stereocenters. The first-order chi connectivity index (χ1) is 15.8. The van der Waals surface area contributed by atoms with Crippen molar-refractivity contribution in [1.82, 2.24) is 15.3 Å². The Morgan fingerprint density at radius 1 is 1.09 bits per heavy atom. The van der Waals surface area contributed by atoms with Gasteiger partial charge in [-0.2, -0.15) is 0 Å². The molecular formula is C20H23N4O8P. The van der Waals surface area contributed by atoms with Gasteiger partial charge in [-0.05, 0) is 12.1 Å². The van der Waals surface area contributed by atoms with Crippen molar-refractivity contribution in [2.24, 2.45) is 5.73 Å². The lowest BCUT2D eigenvalue weighted by Crippen LogP contribution is -2.30. The second-order valence-corrected chi connectivity index (χ2v) is 7.75. The summed E-state index contributed by atoms with van der Waals surface area (Å²) < 4.78 is 32.3. The van der Waals surface area contributed by atoms with Crippen LogP contribution in [0.4, 0.5) is 0 Å². The van der Waals surface area contributed by atoms with Crippen molar-refractivity contribution in [2.45, 2.75) is 6.61 Å². The number of benzene rings is 2. The van der Waals surface area contributed by atoms with E-state index in [0.717, 1.165) is 0 Å². The van der Waals surface area contributed by atoms with Gasteiger partial charge in [-0.25, -0.2) is 14.5 Å². The van der Waals surface area contributed by atoms with E-state index in [0.29, 0.717) is 16.6 Å². The highest BCUT2D eigenvalue weighted by Gasteiger charge is 2.22. The topological polar surface area (TPSA) is 175 Å². The number of phosphoric acid groups is 1. The highest BCUT2D eigenvalue weighted by Crippen LogP contribution is 2.42. The number of rotatable bonds is 10. The maximum Gasteiger partial charge on any atom is 0.524 e. The third-order valence-electron chi connectivity index (χ3n) is 4.34. The van der Waals surface area contributed by atoms with Gasteiger partial charge in [0.1, 0.15) is 23.9 Å². The predicted octanol–water partition coefficient (Wildman–Crippen LogP) is 1.39. The van der Waals surface area contributed by atoms with E-state index in [2.05, 4.69) is 19.8 Å². The number of ether oxygens (including phenoxy) is 3. The van der Waals surface area contributed by atoms with Crippen LogP contribution in [0.25, 0.3) is 11.0 Å². The Balaban J connectivity index is 1.97. The Morgan fingerprint density at radius 2 is 1.70 bits per heavy atom. The molecule has 0 spiro atoms. The lowest BCUT2D eigenvalue weighted by molar-refractivity contribution is 0.0944. The first kappa shape index (κ1) is 24.2. The molecule has 0 saturated carbocycles. The number of carbonyl (C=O) groups is 1. The average molecular weight is 478 g/mol. The van der Waals surface area contributed by atoms with Crippen molar-refractivity contribution in [2.75, 3.05) is 27.3 Å². The molecule has 0 bridgehead atoms. The zero-order valence-corrected chi connectivity index (χ0v) is 18.7. The molecule has 0 radical (unpaired) electrons. The third kappa shape index (κ3) is 6.08. The fraction of sp³-hybridized carbons (Fsp3) is 0.250. The summed E-state index contributed by atoms with van der Waals surface area (Å²) in [4.78, 5) is 39.5. The number of nitrogens with two attached hydrogens (primary N) is 1. The number of hydrogen-bond acceptors (Lipinski definition) is 9. The lowest BCUT2D eigenvalue weighted by atomic mass is 10.1. The van der Waals surface area contributed by atoms with E-state index in [1.54, 1.807) is 24.3 Å². The van der Waals surface area contributed by atoms with Crippen LogP contribution in [0, 0.1) is 0 Å². The molecule has 33 heavy (non-hydrogen) atoms. The summed E-state index contributed by atoms with van der Waals surface area (Å²) in [6.45, 7) is 0.336. The van der Waals surface area contributed by atoms with Crippen molar-refractivity contribution >= 4 is 24.8 Å². The van der Waals surface area contributed by atoms with Gasteiger partial charge < -0.3 is 29.8 Å². The van der Waals surface area contributed by atoms with Crippen molar-refractivity contribution in [3.63, 3.8) is 0 Å². The van der Waals surface area contributed by atoms with Crippen molar-refractivity contribution in [1.29, 1.82) is 0 Å². The predicted molar refractivity (Wildman–Crippen MR) is 117 cm³/mol. The Morgan fingerprint density at radius 3 is 2.24 bits per heavy atom. The van der Waals surface area contributed by atoms with Gasteiger partial charge in [-0.1, -0.05) is 12.1 Å². The fourth-order valence-corrected chi connectivity index (χ4v) is 3.31. The molecule has 3 rings (SSSR count). The van der Waals surface area contributed by atoms with Crippen LogP contribution in [0.3, 0.4) is 0 Å². The molecule has 0 aliphatic rings. The molecule has 176 valence electrons. The summed E-state index contributed by atoms with van der Waals surface area (Å²) in [6.07, 6.45) is 0. The Bertz CT molecular complexity index is 1170. The molecule has 5 N–H and O–H groups in total. The third-order valence-corrected chi connectivity index (χ3v) is 4.79. The van der Waals surface area contributed by atoms with Crippen LogP contribution >= 0.6 is 7.82 Å². The van der Waals surface area contributed by atoms with Gasteiger partial charge in [0.2, 0.25) is 5.88 Å². The molecule has 1 aromatic heterocycles. The zero-order chi connectivity index (χ0) is 24.0. The molecule has 0 aliphatic heterocycles. The summed E-state index contributed by atoms with van der Waals surface area (Å²) in [6, 6.07) is 9.56. The van der Waals surface area contributed by atoms with Gasteiger partial charge in [0.25, 0.3) is 5.91 Å². The van der Waals surface area contributed by atoms with E-state index < -0.39 is 13.7 Å². The van der Waals surface area contributed by atoms with Crippen molar-refractivity contribution in [3.05, 3.63) is 47.7 Å². The van der Waals surface area contributed by atoms with E-state index in [1.807, 2.05) is 0 Å². The molecule has 1 heterocycles. The number of methoxy groups -OCH3 is 2. The molecule has 13 heteroatoms. The van der Waals surface area contributed by atoms with Gasteiger partial charge in [0.05, 0.1) is 30.8 Å². The minimum Gasteiger partial charge on any atom is -0.496 e. The second-order valence-electron chi connectivity index (χ2n) is 6.59. The quantitative estimate of drug-likeness (QED) is 0.310. The van der Waals surface area contributed by atoms with Gasteiger partial charge in [-0.3, -0.25) is 14.6 Å². The van der Waals surface area contributed by atoms with Gasteiger partial charge in [0, 0.05) is 25.2 Å². The molecule has 12 nitrogen and oxygen atoms in total. The minimum absolute atomic E-state index is 0.0251. The zero-order valence-electron chi connectivity index (χ0n) is 17.8. The Hall–Kier alpha value is -3.44. The Kier molecular flexibility index (Phi) is 7.67. The number of aromatic nitrogens is 2. The van der Waals surface area contributed by atoms with Gasteiger partial charge >= 0.3 is 7.82 Å². The van der Waals surface area contributed by atoms with Crippen molar-refractivity contribution in [3.8, 4) is 23.1 Å². The maximum absolute atomic E-state index is 12.6. The smallest absolute Gasteiger partial charge is 0.496 e. The molecular weight excluding hydrogens is 455 g/mol. The largest absolute Gasteiger partial charge is 0.524 e. The monoisotopic (exact) mass is 478 g/mol. The normalized spacial score (nSPS) is 11.2. The highest BCUT2D eigenvalue weighted by atomic mass is 31.2. The second kappa shape index (κ2) is 10.5. The molecule has 2 aromatic carbocycles. The number of phosphoric ester groups is 1. The fourth-order valence-electron chi connectivity index (χ4n) is 2.93. The molecule has 3 aromatic rings. The lowest BCUT2D eigenvalue weighted by Gasteiger charge is -2.17. The number of nitrogens with zero attached hydrogens (tertiary/aromatic N) is 2. The SMILES string of the molecule is COc1cc(OP(=O)(O)O)cc(OC)c1COc1nc2ccccc2nc1C(=O)NCCN. The Labute approximate surface area is 188 Å². The van der Waals surface area contributed by atoms with Gasteiger partial charge in [0.15, 0.2) is 5.69 Å². The van der Waals surface area contributed by atoms with E-state index in [4.69, 9.17) is 29.7 Å². The number of amides is 1. The number of hydrogen-bond donors (Lipinski definition) is 4. The summed E-state index contributed by atoms with van der Waals surface area (Å²) >= 11 is 0. The molecule has 1 amide bonds. The number of carbonyl (C=O) groups excluding carboxylic acids is 1. The highest BCUT2D eigenvalue weighted by molar-refractivity contribution is 7.46. The first-order valence-electron chi connectivity index (χ1n) is 9.63. The van der Waals surface area contributed by atoms with Crippen LogP contribution in [0.5, 0.6) is 23.1 Å². The average Bonchev–Trinajstić information content (AvgIpc) is 2.79. The van der Waals surface area contributed by atoms with Crippen LogP contribution in [0.1, 0.15) is 16.1 Å². The molecule has 0 unspecified atom stereocenters. The van der Waals surface area contributed by atoms with Gasteiger partial charge in [-0.15, -0.1) is 0 Å². The standard InChI is InChI=1S/C20H23N4O8P/c1-29-16-9-12(32-33(26,27)28)10-17(30-2)13(16)11-31-20-18(19(25)22-8-7-21)23-14-5-3-4-6-15(14)24-20/h3-6,9-10H,7-8,11,21H2,1-2H3,(H,22,25)(H2,26,27,28). The van der Waals surface area contributed by atoms with E-state index in [-0.39, 0.29) is 48.5 Å². The van der Waals surface area contributed by atoms with Crippen LogP contribution in [-0.2, 0) is 11.2 Å². The molecule has 0 aliphatic carbocycles. The summed E-state index contributed by atoms with van der Waals surface area (Å²) in [5.41, 5.74) is 6.86. The van der Waals surface area contributed by atoms with Crippen molar-refractivity contribution < 1.29 is 37.9 Å². The van der Waals surface area contributed by atoms with E-state index in [1.165, 1.54) is 26.4 Å². The van der Waals surface area contributed by atoms with Crippen LogP contribution in [0.15, 0.2) is 36.4 Å². The van der Waals surface area contributed by atoms with E-state index in [9.17, 15) is 9.36 Å². The van der Waals surface area contributed by atoms with E-state index >= 15 is 0 Å². The number of fused-ring (bicyclic) bond motifs is 1. The maximum atomic E-state index is 12.6.